The first-order valence-corrected chi connectivity index (χ1v) is 16.8. The van der Waals surface area contributed by atoms with Crippen LogP contribution >= 0.6 is 11.6 Å². The van der Waals surface area contributed by atoms with E-state index in [-0.39, 0.29) is 47.2 Å². The quantitative estimate of drug-likeness (QED) is 0.354. The molecule has 13 nitrogen and oxygen atoms in total. The number of fused-ring (bicyclic) bond motifs is 1. The lowest BCUT2D eigenvalue weighted by Gasteiger charge is -2.38. The van der Waals surface area contributed by atoms with Gasteiger partial charge in [-0.15, -0.1) is 0 Å². The number of nitrogens with two attached hydrogens (primary N) is 1. The van der Waals surface area contributed by atoms with Gasteiger partial charge in [0, 0.05) is 49.7 Å². The number of aromatic nitrogens is 2. The zero-order valence-electron chi connectivity index (χ0n) is 29.0. The molecule has 5 rings (SSSR count). The number of carbonyl (C=O) groups is 3. The summed E-state index contributed by atoms with van der Waals surface area (Å²) in [4.78, 5) is 66.2. The summed E-state index contributed by atoms with van der Waals surface area (Å²) in [6.45, 7) is 8.35. The van der Waals surface area contributed by atoms with Gasteiger partial charge in [0.25, 0.3) is 5.56 Å². The van der Waals surface area contributed by atoms with E-state index in [1.807, 2.05) is 30.0 Å². The van der Waals surface area contributed by atoms with Crippen LogP contribution in [0.25, 0.3) is 11.1 Å². The Hall–Kier alpha value is -4.85. The Morgan fingerprint density at radius 1 is 1.06 bits per heavy atom. The van der Waals surface area contributed by atoms with Crippen LogP contribution in [0.4, 0.5) is 19.7 Å². The molecule has 3 heterocycles. The third-order valence-electron chi connectivity index (χ3n) is 8.33. The smallest absolute Gasteiger partial charge is 0.405 e. The van der Waals surface area contributed by atoms with Gasteiger partial charge in [-0.1, -0.05) is 30.7 Å². The van der Waals surface area contributed by atoms with Crippen LogP contribution in [-0.2, 0) is 29.0 Å². The molecular formula is C35H44ClFN6O7. The van der Waals surface area contributed by atoms with Gasteiger partial charge in [0.15, 0.2) is 0 Å². The number of carbonyl (C=O) groups excluding carboxylic acids is 3. The van der Waals surface area contributed by atoms with Crippen molar-refractivity contribution < 1.29 is 28.2 Å². The fourth-order valence-corrected chi connectivity index (χ4v) is 6.19. The third kappa shape index (κ3) is 9.23. The van der Waals surface area contributed by atoms with Crippen molar-refractivity contribution in [3.8, 4) is 16.9 Å². The molecule has 3 aromatic rings. The van der Waals surface area contributed by atoms with Crippen LogP contribution in [0.3, 0.4) is 0 Å². The van der Waals surface area contributed by atoms with E-state index in [4.69, 9.17) is 22.1 Å². The van der Waals surface area contributed by atoms with E-state index in [0.29, 0.717) is 45.3 Å². The van der Waals surface area contributed by atoms with Gasteiger partial charge < -0.3 is 30.3 Å². The maximum absolute atomic E-state index is 14.2. The predicted molar refractivity (Wildman–Crippen MR) is 188 cm³/mol. The Labute approximate surface area is 294 Å². The number of rotatable bonds is 7. The molecular weight excluding hydrogens is 671 g/mol. The maximum atomic E-state index is 14.2. The van der Waals surface area contributed by atoms with Crippen molar-refractivity contribution in [3.63, 3.8) is 0 Å². The van der Waals surface area contributed by atoms with Gasteiger partial charge in [-0.05, 0) is 76.3 Å². The van der Waals surface area contributed by atoms with Gasteiger partial charge in [-0.3, -0.25) is 18.7 Å². The van der Waals surface area contributed by atoms with Crippen LogP contribution in [-0.4, -0.2) is 75.4 Å². The first-order valence-electron chi connectivity index (χ1n) is 16.4. The number of hydrogen-bond donors (Lipinski definition) is 2. The summed E-state index contributed by atoms with van der Waals surface area (Å²) >= 11 is 6.16. The zero-order chi connectivity index (χ0) is 36.7. The summed E-state index contributed by atoms with van der Waals surface area (Å²) in [5.41, 5.74) is 5.04. The molecule has 1 aromatic heterocycles. The van der Waals surface area contributed by atoms with E-state index >= 15 is 0 Å². The van der Waals surface area contributed by atoms with Crippen molar-refractivity contribution in [2.24, 2.45) is 5.73 Å². The largest absolute Gasteiger partial charge is 0.497 e. The number of urea groups is 1. The minimum Gasteiger partial charge on any atom is -0.497 e. The first-order chi connectivity index (χ1) is 23.6. The van der Waals surface area contributed by atoms with Crippen molar-refractivity contribution in [1.82, 2.24) is 18.9 Å². The lowest BCUT2D eigenvalue weighted by molar-refractivity contribution is -0.133. The molecule has 0 atom stereocenters. The van der Waals surface area contributed by atoms with Crippen molar-refractivity contribution in [3.05, 3.63) is 79.8 Å². The molecule has 3 N–H and O–H groups in total. The van der Waals surface area contributed by atoms with Crippen LogP contribution in [0.2, 0.25) is 5.02 Å². The maximum Gasteiger partial charge on any atom is 0.405 e. The standard InChI is InChI=1S/C30H33ClFN5O5.C5H11NO2/c1-3-12-37-28(39)23(22-5-4-6-24(32)27(22)31)17-35(30(37)41)18-26(38)34-13-10-20(11-14-34)36-15-9-19-16-21(42-2)7-8-25(19)33-29(36)40;1-5(2,3)8-4(6)7/h4-8,16-17,20H,3,9-15,18H2,1-2H3,(H,33,40);1-3H3,(H2,6,7). The molecule has 2 aromatic carbocycles. The predicted octanol–water partition coefficient (Wildman–Crippen LogP) is 4.85. The SMILES string of the molecule is CC(C)(C)OC(N)=O.CCCn1c(=O)c(-c2cccc(F)c2Cl)cn(CC(=O)N2CCC(N3CCc4cc(OC)ccc4NC3=O)CC2)c1=O. The first kappa shape index (κ1) is 38.0. The molecule has 0 aliphatic carbocycles. The van der Waals surface area contributed by atoms with Crippen LogP contribution < -0.4 is 27.0 Å². The number of benzene rings is 2. The molecule has 15 heteroatoms. The summed E-state index contributed by atoms with van der Waals surface area (Å²) in [5, 5.41) is 2.77. The van der Waals surface area contributed by atoms with Gasteiger partial charge in [0.05, 0.1) is 17.7 Å². The molecule has 0 bridgehead atoms. The van der Waals surface area contributed by atoms with Crippen LogP contribution in [0.1, 0.15) is 52.5 Å². The van der Waals surface area contributed by atoms with Gasteiger partial charge in [0.1, 0.15) is 23.7 Å². The van der Waals surface area contributed by atoms with E-state index in [0.717, 1.165) is 21.6 Å². The average molecular weight is 715 g/mol. The van der Waals surface area contributed by atoms with E-state index in [2.05, 4.69) is 10.1 Å². The van der Waals surface area contributed by atoms with Crippen molar-refractivity contribution >= 4 is 35.3 Å². The lowest BCUT2D eigenvalue weighted by atomic mass is 10.0. The highest BCUT2D eigenvalue weighted by atomic mass is 35.5. The van der Waals surface area contributed by atoms with E-state index in [1.165, 1.54) is 29.0 Å². The molecule has 0 spiro atoms. The lowest BCUT2D eigenvalue weighted by Crippen LogP contribution is -2.51. The average Bonchev–Trinajstić information content (AvgIpc) is 3.22. The van der Waals surface area contributed by atoms with E-state index in [9.17, 15) is 28.4 Å². The number of nitrogens with zero attached hydrogens (tertiary/aromatic N) is 4. The van der Waals surface area contributed by atoms with Gasteiger partial charge in [-0.25, -0.2) is 18.8 Å². The second-order valence-corrected chi connectivity index (χ2v) is 13.4. The number of anilines is 1. The molecule has 2 aliphatic rings. The Balaban J connectivity index is 0.000000627. The molecule has 4 amide bonds. The topological polar surface area (TPSA) is 158 Å². The molecule has 270 valence electrons. The van der Waals surface area contributed by atoms with Gasteiger partial charge in [0.2, 0.25) is 5.91 Å². The molecule has 1 saturated heterocycles. The monoisotopic (exact) mass is 714 g/mol. The van der Waals surface area contributed by atoms with E-state index < -0.39 is 28.8 Å². The molecule has 0 unspecified atom stereocenters. The fourth-order valence-electron chi connectivity index (χ4n) is 5.96. The third-order valence-corrected chi connectivity index (χ3v) is 8.72. The van der Waals surface area contributed by atoms with Crippen molar-refractivity contribution in [2.75, 3.05) is 32.1 Å². The van der Waals surface area contributed by atoms with Gasteiger partial charge >= 0.3 is 17.8 Å². The number of halogens is 2. The molecule has 0 radical (unpaired) electrons. The minimum absolute atomic E-state index is 0.0406. The summed E-state index contributed by atoms with van der Waals surface area (Å²) < 4.78 is 26.3. The second kappa shape index (κ2) is 16.2. The van der Waals surface area contributed by atoms with Crippen LogP contribution in [0, 0.1) is 5.82 Å². The zero-order valence-corrected chi connectivity index (χ0v) is 29.7. The summed E-state index contributed by atoms with van der Waals surface area (Å²) in [7, 11) is 1.61. The highest BCUT2D eigenvalue weighted by Crippen LogP contribution is 2.29. The second-order valence-electron chi connectivity index (χ2n) is 13.1. The molecule has 50 heavy (non-hydrogen) atoms. The highest BCUT2D eigenvalue weighted by molar-refractivity contribution is 6.33. The summed E-state index contributed by atoms with van der Waals surface area (Å²) in [6, 6.07) is 9.51. The number of hydrogen-bond acceptors (Lipinski definition) is 7. The number of piperidine rings is 1. The number of primary amides is 1. The normalized spacial score (nSPS) is 14.9. The summed E-state index contributed by atoms with van der Waals surface area (Å²) in [5.74, 6) is -0.235. The Kier molecular flexibility index (Phi) is 12.3. The highest BCUT2D eigenvalue weighted by Gasteiger charge is 2.32. The van der Waals surface area contributed by atoms with Crippen LogP contribution in [0.15, 0.2) is 52.2 Å². The molecule has 2 aliphatic heterocycles. The fraction of sp³-hybridized carbons (Fsp3) is 0.457. The minimum atomic E-state index is -0.725. The summed E-state index contributed by atoms with van der Waals surface area (Å²) in [6.07, 6.45) is 2.94. The number of nitrogens with one attached hydrogen (secondary N) is 1. The number of ether oxygens (including phenoxy) is 2. The Morgan fingerprint density at radius 2 is 1.76 bits per heavy atom. The molecule has 0 saturated carbocycles. The number of amides is 4. The van der Waals surface area contributed by atoms with Crippen molar-refractivity contribution in [1.29, 1.82) is 0 Å². The van der Waals surface area contributed by atoms with Crippen molar-refractivity contribution in [2.45, 2.75) is 78.1 Å². The Bertz CT molecular complexity index is 1850. The number of likely N-dealkylation sites (tertiary alicyclic amines) is 1. The van der Waals surface area contributed by atoms with Crippen LogP contribution in [0.5, 0.6) is 5.75 Å². The van der Waals surface area contributed by atoms with E-state index in [1.54, 1.807) is 32.8 Å². The van der Waals surface area contributed by atoms with Gasteiger partial charge in [-0.2, -0.15) is 0 Å². The molecule has 1 fully saturated rings. The number of methoxy groups -OCH3 is 1. The Morgan fingerprint density at radius 3 is 2.36 bits per heavy atom.